The van der Waals surface area contributed by atoms with Crippen LogP contribution in [-0.2, 0) is 4.74 Å². The van der Waals surface area contributed by atoms with Gasteiger partial charge in [0.05, 0.1) is 12.6 Å². The number of alkyl halides is 3. The summed E-state index contributed by atoms with van der Waals surface area (Å²) in [6.45, 7) is 4.93. The molecule has 1 saturated heterocycles. The molecule has 5 nitrogen and oxygen atoms in total. The van der Waals surface area contributed by atoms with Crippen LogP contribution in [0.3, 0.4) is 0 Å². The Bertz CT molecular complexity index is 439. The van der Waals surface area contributed by atoms with Crippen molar-refractivity contribution in [2.45, 2.75) is 38.6 Å². The minimum absolute atomic E-state index is 0.0336. The number of nitrogens with zero attached hydrogens (tertiary/aromatic N) is 2. The first kappa shape index (κ1) is 18.3. The van der Waals surface area contributed by atoms with Crippen LogP contribution in [0.15, 0.2) is 4.99 Å². The van der Waals surface area contributed by atoms with Crippen LogP contribution in [0.1, 0.15) is 20.3 Å². The summed E-state index contributed by atoms with van der Waals surface area (Å²) < 4.78 is 42.6. The summed E-state index contributed by atoms with van der Waals surface area (Å²) in [5.41, 5.74) is 0.0336. The number of guanidine groups is 1. The molecule has 1 heterocycles. The van der Waals surface area contributed by atoms with E-state index in [1.54, 1.807) is 7.05 Å². The third-order valence-corrected chi connectivity index (χ3v) is 4.85. The van der Waals surface area contributed by atoms with Crippen LogP contribution < -0.4 is 10.6 Å². The van der Waals surface area contributed by atoms with E-state index in [-0.39, 0.29) is 17.6 Å². The third kappa shape index (κ3) is 4.29. The first-order valence-electron chi connectivity index (χ1n) is 7.99. The SMILES string of the molecule is CN=C(NCCN(C)CC(F)(F)F)NC1C2CCOC2C1(C)C. The van der Waals surface area contributed by atoms with Gasteiger partial charge in [0.1, 0.15) is 0 Å². The summed E-state index contributed by atoms with van der Waals surface area (Å²) in [5, 5.41) is 6.50. The molecule has 0 bridgehead atoms. The lowest BCUT2D eigenvalue weighted by molar-refractivity contribution is -0.142. The molecule has 2 N–H and O–H groups in total. The van der Waals surface area contributed by atoms with Gasteiger partial charge < -0.3 is 15.4 Å². The molecule has 134 valence electrons. The van der Waals surface area contributed by atoms with E-state index >= 15 is 0 Å². The lowest BCUT2D eigenvalue weighted by atomic mass is 9.57. The Balaban J connectivity index is 1.76. The van der Waals surface area contributed by atoms with Gasteiger partial charge in [-0.2, -0.15) is 13.2 Å². The predicted octanol–water partition coefficient (Wildman–Crippen LogP) is 1.46. The molecule has 2 aliphatic rings. The van der Waals surface area contributed by atoms with Crippen molar-refractivity contribution in [3.8, 4) is 0 Å². The predicted molar refractivity (Wildman–Crippen MR) is 83.5 cm³/mol. The number of fused-ring (bicyclic) bond motifs is 1. The Morgan fingerprint density at radius 1 is 1.39 bits per heavy atom. The highest BCUT2D eigenvalue weighted by atomic mass is 19.4. The lowest BCUT2D eigenvalue weighted by Crippen LogP contribution is -2.68. The summed E-state index contributed by atoms with van der Waals surface area (Å²) in [4.78, 5) is 5.42. The van der Waals surface area contributed by atoms with E-state index in [1.807, 2.05) is 0 Å². The molecule has 0 aromatic carbocycles. The van der Waals surface area contributed by atoms with Crippen LogP contribution in [0.2, 0.25) is 0 Å². The zero-order chi connectivity index (χ0) is 17.3. The monoisotopic (exact) mass is 336 g/mol. The molecule has 0 amide bonds. The number of likely N-dealkylation sites (N-methyl/N-ethyl adjacent to an activating group) is 1. The van der Waals surface area contributed by atoms with E-state index in [0.29, 0.717) is 25.0 Å². The van der Waals surface area contributed by atoms with Gasteiger partial charge in [0.2, 0.25) is 0 Å². The maximum Gasteiger partial charge on any atom is 0.401 e. The number of rotatable bonds is 5. The lowest BCUT2D eigenvalue weighted by Gasteiger charge is -2.54. The fourth-order valence-corrected chi connectivity index (χ4v) is 3.71. The average molecular weight is 336 g/mol. The minimum Gasteiger partial charge on any atom is -0.377 e. The van der Waals surface area contributed by atoms with Crippen molar-refractivity contribution in [1.29, 1.82) is 0 Å². The van der Waals surface area contributed by atoms with Gasteiger partial charge in [0.25, 0.3) is 0 Å². The molecule has 0 aromatic heterocycles. The summed E-state index contributed by atoms with van der Waals surface area (Å²) in [6, 6.07) is 0.272. The highest BCUT2D eigenvalue weighted by molar-refractivity contribution is 5.80. The van der Waals surface area contributed by atoms with Gasteiger partial charge in [-0.25, -0.2) is 0 Å². The van der Waals surface area contributed by atoms with Crippen LogP contribution in [-0.4, -0.2) is 69.5 Å². The minimum atomic E-state index is -4.16. The third-order valence-electron chi connectivity index (χ3n) is 4.85. The molecule has 0 spiro atoms. The topological polar surface area (TPSA) is 48.9 Å². The first-order chi connectivity index (χ1) is 10.6. The molecule has 3 unspecified atom stereocenters. The van der Waals surface area contributed by atoms with Crippen molar-refractivity contribution in [2.75, 3.05) is 40.3 Å². The summed E-state index contributed by atoms with van der Waals surface area (Å²) in [6.07, 6.45) is -2.84. The van der Waals surface area contributed by atoms with Crippen molar-refractivity contribution >= 4 is 5.96 Å². The van der Waals surface area contributed by atoms with Crippen molar-refractivity contribution in [3.63, 3.8) is 0 Å². The molecular weight excluding hydrogens is 309 g/mol. The summed E-state index contributed by atoms with van der Waals surface area (Å²) in [7, 11) is 3.13. The Morgan fingerprint density at radius 2 is 2.09 bits per heavy atom. The molecule has 1 aliphatic carbocycles. The molecule has 2 rings (SSSR count). The van der Waals surface area contributed by atoms with Gasteiger partial charge in [-0.15, -0.1) is 0 Å². The highest BCUT2D eigenvalue weighted by Crippen LogP contribution is 2.52. The van der Waals surface area contributed by atoms with E-state index in [9.17, 15) is 13.2 Å². The zero-order valence-corrected chi connectivity index (χ0v) is 14.2. The van der Waals surface area contributed by atoms with Crippen molar-refractivity contribution in [2.24, 2.45) is 16.3 Å². The van der Waals surface area contributed by atoms with Crippen LogP contribution in [0.4, 0.5) is 13.2 Å². The Kier molecular flexibility index (Phi) is 5.45. The van der Waals surface area contributed by atoms with Gasteiger partial charge in [-0.1, -0.05) is 13.8 Å². The van der Waals surface area contributed by atoms with E-state index in [1.165, 1.54) is 11.9 Å². The molecule has 0 radical (unpaired) electrons. The first-order valence-corrected chi connectivity index (χ1v) is 7.99. The van der Waals surface area contributed by atoms with Crippen LogP contribution in [0.5, 0.6) is 0 Å². The highest BCUT2D eigenvalue weighted by Gasteiger charge is 2.59. The number of halogens is 3. The average Bonchev–Trinajstić information content (AvgIpc) is 2.87. The second-order valence-electron chi connectivity index (χ2n) is 7.04. The summed E-state index contributed by atoms with van der Waals surface area (Å²) >= 11 is 0. The van der Waals surface area contributed by atoms with E-state index in [4.69, 9.17) is 4.74 Å². The largest absolute Gasteiger partial charge is 0.401 e. The second-order valence-corrected chi connectivity index (χ2v) is 7.04. The van der Waals surface area contributed by atoms with Gasteiger partial charge in [0, 0.05) is 44.1 Å². The number of hydrogen-bond acceptors (Lipinski definition) is 3. The number of nitrogens with one attached hydrogen (secondary N) is 2. The smallest absolute Gasteiger partial charge is 0.377 e. The Labute approximate surface area is 135 Å². The molecular formula is C15H27F3N4O. The van der Waals surface area contributed by atoms with Crippen molar-refractivity contribution in [1.82, 2.24) is 15.5 Å². The molecule has 0 aromatic rings. The molecule has 2 fully saturated rings. The molecule has 1 aliphatic heterocycles. The van der Waals surface area contributed by atoms with Gasteiger partial charge >= 0.3 is 6.18 Å². The fourth-order valence-electron chi connectivity index (χ4n) is 3.71. The van der Waals surface area contributed by atoms with Gasteiger partial charge in [-0.05, 0) is 13.5 Å². The molecule has 3 atom stereocenters. The second kappa shape index (κ2) is 6.84. The van der Waals surface area contributed by atoms with Crippen LogP contribution >= 0.6 is 0 Å². The van der Waals surface area contributed by atoms with Gasteiger partial charge in [0.15, 0.2) is 5.96 Å². The maximum atomic E-state index is 12.3. The number of ether oxygens (including phenoxy) is 1. The van der Waals surface area contributed by atoms with E-state index < -0.39 is 12.7 Å². The van der Waals surface area contributed by atoms with E-state index in [0.717, 1.165) is 13.0 Å². The molecule has 23 heavy (non-hydrogen) atoms. The van der Waals surface area contributed by atoms with Crippen LogP contribution in [0, 0.1) is 11.3 Å². The van der Waals surface area contributed by atoms with Crippen molar-refractivity contribution in [3.05, 3.63) is 0 Å². The number of hydrogen-bond donors (Lipinski definition) is 2. The van der Waals surface area contributed by atoms with Crippen molar-refractivity contribution < 1.29 is 17.9 Å². The quantitative estimate of drug-likeness (QED) is 0.589. The van der Waals surface area contributed by atoms with E-state index in [2.05, 4.69) is 29.5 Å². The molecule has 1 saturated carbocycles. The molecule has 8 heteroatoms. The maximum absolute atomic E-state index is 12.3. The summed E-state index contributed by atoms with van der Waals surface area (Å²) in [5.74, 6) is 1.12. The Hall–Kier alpha value is -1.02. The standard InChI is InChI=1S/C15H27F3N4O/c1-14(2)11(10-5-8-23-12(10)14)21-13(19-3)20-6-7-22(4)9-15(16,17)18/h10-12H,5-9H2,1-4H3,(H2,19,20,21). The zero-order valence-electron chi connectivity index (χ0n) is 14.2. The Morgan fingerprint density at radius 3 is 2.70 bits per heavy atom. The normalized spacial score (nSPS) is 30.1. The van der Waals surface area contributed by atoms with Crippen LogP contribution in [0.25, 0.3) is 0 Å². The fraction of sp³-hybridized carbons (Fsp3) is 0.933. The van der Waals surface area contributed by atoms with Gasteiger partial charge in [-0.3, -0.25) is 9.89 Å². The number of aliphatic imine (C=N–C) groups is 1.